The maximum absolute atomic E-state index is 5.66. The number of H-pyrrole nitrogens is 1. The highest BCUT2D eigenvalue weighted by molar-refractivity contribution is 6.29. The monoisotopic (exact) mass is 224 g/mol. The molecule has 2 aromatic rings. The van der Waals surface area contributed by atoms with Crippen LogP contribution in [0.15, 0.2) is 30.5 Å². The molecule has 0 radical (unpaired) electrons. The number of hydrogen-bond donors (Lipinski definition) is 1. The number of nitrogens with one attached hydrogen (secondary N) is 1. The van der Waals surface area contributed by atoms with E-state index in [-0.39, 0.29) is 0 Å². The largest absolute Gasteiger partial charge is 0.497 e. The molecule has 78 valence electrons. The molecule has 0 amide bonds. The van der Waals surface area contributed by atoms with Gasteiger partial charge in [0.25, 0.3) is 6.01 Å². The van der Waals surface area contributed by atoms with Gasteiger partial charge in [0.15, 0.2) is 0 Å². The fourth-order valence-corrected chi connectivity index (χ4v) is 1.22. The van der Waals surface area contributed by atoms with Crippen molar-refractivity contribution in [2.24, 2.45) is 0 Å². The zero-order chi connectivity index (χ0) is 10.7. The third-order valence-electron chi connectivity index (χ3n) is 1.80. The molecule has 4 nitrogen and oxygen atoms in total. The topological polar surface area (TPSA) is 47.1 Å². The molecule has 0 aliphatic rings. The Labute approximate surface area is 91.8 Å². The van der Waals surface area contributed by atoms with Crippen LogP contribution in [0.4, 0.5) is 0 Å². The molecular weight excluding hydrogens is 216 g/mol. The van der Waals surface area contributed by atoms with Crippen LogP contribution in [0.2, 0.25) is 5.15 Å². The van der Waals surface area contributed by atoms with Crippen molar-refractivity contribution in [2.45, 2.75) is 0 Å². The first-order valence-electron chi connectivity index (χ1n) is 4.30. The van der Waals surface area contributed by atoms with Crippen molar-refractivity contribution in [3.63, 3.8) is 0 Å². The average molecular weight is 225 g/mol. The Kier molecular flexibility index (Phi) is 2.78. The van der Waals surface area contributed by atoms with E-state index >= 15 is 0 Å². The number of ether oxygens (including phenoxy) is 2. The Morgan fingerprint density at radius 3 is 2.40 bits per heavy atom. The molecule has 1 aromatic carbocycles. The number of aromatic amines is 1. The lowest BCUT2D eigenvalue weighted by atomic mass is 10.3. The van der Waals surface area contributed by atoms with Crippen LogP contribution < -0.4 is 9.47 Å². The fraction of sp³-hybridized carbons (Fsp3) is 0.100. The van der Waals surface area contributed by atoms with Gasteiger partial charge in [0.1, 0.15) is 16.7 Å². The molecule has 0 aliphatic carbocycles. The lowest BCUT2D eigenvalue weighted by Crippen LogP contribution is -1.86. The number of nitrogens with zero attached hydrogens (tertiary/aromatic N) is 1. The Morgan fingerprint density at radius 1 is 1.20 bits per heavy atom. The van der Waals surface area contributed by atoms with Gasteiger partial charge < -0.3 is 9.47 Å². The van der Waals surface area contributed by atoms with Crippen LogP contribution in [0.3, 0.4) is 0 Å². The highest BCUT2D eigenvalue weighted by atomic mass is 35.5. The summed E-state index contributed by atoms with van der Waals surface area (Å²) >= 11 is 5.66. The summed E-state index contributed by atoms with van der Waals surface area (Å²) in [5.74, 6) is 1.45. The van der Waals surface area contributed by atoms with E-state index in [1.165, 1.54) is 6.20 Å². The van der Waals surface area contributed by atoms with Gasteiger partial charge in [0, 0.05) is 0 Å². The molecule has 0 bridgehead atoms. The maximum atomic E-state index is 5.66. The second-order valence-corrected chi connectivity index (χ2v) is 3.22. The SMILES string of the molecule is COc1ccc(Oc2ncc(Cl)[nH]2)cc1. The second kappa shape index (κ2) is 4.23. The molecule has 0 saturated carbocycles. The third kappa shape index (κ3) is 2.41. The summed E-state index contributed by atoms with van der Waals surface area (Å²) in [7, 11) is 1.61. The molecule has 2 rings (SSSR count). The van der Waals surface area contributed by atoms with E-state index in [1.54, 1.807) is 31.4 Å². The standard InChI is InChI=1S/C10H9ClN2O2/c1-14-7-2-4-8(5-3-7)15-10-12-6-9(11)13-10/h2-6H,1H3,(H,12,13). The molecule has 0 saturated heterocycles. The van der Waals surface area contributed by atoms with E-state index in [0.29, 0.717) is 16.9 Å². The minimum atomic E-state index is 0.366. The quantitative estimate of drug-likeness (QED) is 0.872. The lowest BCUT2D eigenvalue weighted by Gasteiger charge is -2.02. The number of aromatic nitrogens is 2. The number of halogens is 1. The van der Waals surface area contributed by atoms with Crippen molar-refractivity contribution in [3.8, 4) is 17.5 Å². The van der Waals surface area contributed by atoms with E-state index in [1.807, 2.05) is 0 Å². The summed E-state index contributed by atoms with van der Waals surface area (Å²) in [6, 6.07) is 7.55. The zero-order valence-corrected chi connectivity index (χ0v) is 8.78. The maximum Gasteiger partial charge on any atom is 0.300 e. The van der Waals surface area contributed by atoms with Crippen LogP contribution in [0.5, 0.6) is 17.5 Å². The van der Waals surface area contributed by atoms with E-state index in [4.69, 9.17) is 21.1 Å². The van der Waals surface area contributed by atoms with Gasteiger partial charge in [-0.05, 0) is 24.3 Å². The summed E-state index contributed by atoms with van der Waals surface area (Å²) in [5.41, 5.74) is 0. The van der Waals surface area contributed by atoms with Crippen molar-refractivity contribution in [1.29, 1.82) is 0 Å². The van der Waals surface area contributed by atoms with Crippen LogP contribution in [-0.4, -0.2) is 17.1 Å². The minimum absolute atomic E-state index is 0.366. The Balaban J connectivity index is 2.11. The molecule has 0 atom stereocenters. The average Bonchev–Trinajstić information content (AvgIpc) is 2.65. The first kappa shape index (κ1) is 9.86. The molecule has 1 heterocycles. The Bertz CT molecular complexity index is 439. The normalized spacial score (nSPS) is 10.0. The molecule has 15 heavy (non-hydrogen) atoms. The number of methoxy groups -OCH3 is 1. The van der Waals surface area contributed by atoms with E-state index in [0.717, 1.165) is 5.75 Å². The van der Waals surface area contributed by atoms with Crippen molar-refractivity contribution in [3.05, 3.63) is 35.6 Å². The molecule has 0 spiro atoms. The van der Waals surface area contributed by atoms with Gasteiger partial charge in [-0.3, -0.25) is 4.98 Å². The summed E-state index contributed by atoms with van der Waals surface area (Å²) in [5, 5.41) is 0.443. The van der Waals surface area contributed by atoms with Gasteiger partial charge in [-0.2, -0.15) is 0 Å². The first-order chi connectivity index (χ1) is 7.28. The highest BCUT2D eigenvalue weighted by Gasteiger charge is 2.01. The van der Waals surface area contributed by atoms with Gasteiger partial charge in [-0.25, -0.2) is 4.98 Å². The van der Waals surface area contributed by atoms with Gasteiger partial charge in [-0.1, -0.05) is 11.6 Å². The van der Waals surface area contributed by atoms with Crippen molar-refractivity contribution >= 4 is 11.6 Å². The number of hydrogen-bond acceptors (Lipinski definition) is 3. The second-order valence-electron chi connectivity index (χ2n) is 2.81. The van der Waals surface area contributed by atoms with Crippen LogP contribution in [0.25, 0.3) is 0 Å². The molecule has 0 aliphatic heterocycles. The van der Waals surface area contributed by atoms with Crippen LogP contribution >= 0.6 is 11.6 Å². The van der Waals surface area contributed by atoms with Crippen molar-refractivity contribution < 1.29 is 9.47 Å². The van der Waals surface area contributed by atoms with Gasteiger partial charge >= 0.3 is 0 Å². The predicted molar refractivity (Wildman–Crippen MR) is 56.7 cm³/mol. The highest BCUT2D eigenvalue weighted by Crippen LogP contribution is 2.22. The van der Waals surface area contributed by atoms with Crippen LogP contribution in [0, 0.1) is 0 Å². The number of rotatable bonds is 3. The zero-order valence-electron chi connectivity index (χ0n) is 8.03. The molecule has 1 N–H and O–H groups in total. The van der Waals surface area contributed by atoms with Gasteiger partial charge in [0.2, 0.25) is 0 Å². The van der Waals surface area contributed by atoms with E-state index in [9.17, 15) is 0 Å². The molecular formula is C10H9ClN2O2. The van der Waals surface area contributed by atoms with Crippen molar-refractivity contribution in [2.75, 3.05) is 7.11 Å². The summed E-state index contributed by atoms with van der Waals surface area (Å²) in [6.45, 7) is 0. The smallest absolute Gasteiger partial charge is 0.300 e. The molecule has 0 unspecified atom stereocenters. The lowest BCUT2D eigenvalue weighted by molar-refractivity contribution is 0.411. The molecule has 1 aromatic heterocycles. The van der Waals surface area contributed by atoms with Gasteiger partial charge in [-0.15, -0.1) is 0 Å². The van der Waals surface area contributed by atoms with Crippen LogP contribution in [-0.2, 0) is 0 Å². The summed E-state index contributed by atoms with van der Waals surface area (Å²) in [4.78, 5) is 6.67. The van der Waals surface area contributed by atoms with Crippen LogP contribution in [0.1, 0.15) is 0 Å². The van der Waals surface area contributed by atoms with Gasteiger partial charge in [0.05, 0.1) is 13.3 Å². The Morgan fingerprint density at radius 2 is 1.87 bits per heavy atom. The number of benzene rings is 1. The predicted octanol–water partition coefficient (Wildman–Crippen LogP) is 2.86. The minimum Gasteiger partial charge on any atom is -0.497 e. The Hall–Kier alpha value is -1.68. The third-order valence-corrected chi connectivity index (χ3v) is 1.99. The summed E-state index contributed by atoms with van der Waals surface area (Å²) < 4.78 is 10.4. The van der Waals surface area contributed by atoms with Crippen molar-refractivity contribution in [1.82, 2.24) is 9.97 Å². The molecule has 0 fully saturated rings. The molecule has 5 heteroatoms. The van der Waals surface area contributed by atoms with E-state index in [2.05, 4.69) is 9.97 Å². The summed E-state index contributed by atoms with van der Waals surface area (Å²) in [6.07, 6.45) is 1.49. The first-order valence-corrected chi connectivity index (χ1v) is 4.68. The van der Waals surface area contributed by atoms with E-state index < -0.39 is 0 Å². The number of imidazole rings is 1. The fourth-order valence-electron chi connectivity index (χ4n) is 1.09.